The highest BCUT2D eigenvalue weighted by molar-refractivity contribution is 5.94. The van der Waals surface area contributed by atoms with Gasteiger partial charge >= 0.3 is 0 Å². The summed E-state index contributed by atoms with van der Waals surface area (Å²) in [6.45, 7) is 16.0. The van der Waals surface area contributed by atoms with Crippen molar-refractivity contribution in [1.29, 1.82) is 0 Å². The van der Waals surface area contributed by atoms with Crippen molar-refractivity contribution in [1.82, 2.24) is 20.0 Å². The molecule has 5 heteroatoms. The maximum Gasteiger partial charge on any atom is 0.254 e. The van der Waals surface area contributed by atoms with E-state index in [0.29, 0.717) is 0 Å². The van der Waals surface area contributed by atoms with Crippen LogP contribution in [0.1, 0.15) is 82.0 Å². The molecule has 2 heterocycles. The summed E-state index contributed by atoms with van der Waals surface area (Å²) in [5.74, 6) is 0.141. The molecule has 1 amide bonds. The van der Waals surface area contributed by atoms with Gasteiger partial charge in [0.25, 0.3) is 5.91 Å². The van der Waals surface area contributed by atoms with Crippen LogP contribution in [0.25, 0.3) is 5.69 Å². The van der Waals surface area contributed by atoms with Gasteiger partial charge in [0.05, 0.1) is 11.4 Å². The Bertz CT molecular complexity index is 863. The van der Waals surface area contributed by atoms with E-state index in [-0.39, 0.29) is 23.0 Å². The van der Waals surface area contributed by atoms with E-state index in [4.69, 9.17) is 0 Å². The average Bonchev–Trinajstić information content (AvgIpc) is 2.97. The Labute approximate surface area is 181 Å². The number of hydrogen-bond acceptors (Lipinski definition) is 3. The normalized spacial score (nSPS) is 18.4. The van der Waals surface area contributed by atoms with E-state index in [0.717, 1.165) is 54.9 Å². The zero-order valence-electron chi connectivity index (χ0n) is 19.7. The van der Waals surface area contributed by atoms with E-state index >= 15 is 0 Å². The first kappa shape index (κ1) is 22.5. The molecule has 30 heavy (non-hydrogen) atoms. The minimum absolute atomic E-state index is 0.0104. The summed E-state index contributed by atoms with van der Waals surface area (Å²) in [5.41, 5.74) is 3.85. The van der Waals surface area contributed by atoms with E-state index in [9.17, 15) is 4.79 Å². The van der Waals surface area contributed by atoms with Crippen molar-refractivity contribution in [3.63, 3.8) is 0 Å². The van der Waals surface area contributed by atoms with E-state index in [1.165, 1.54) is 0 Å². The molecule has 164 valence electrons. The summed E-state index contributed by atoms with van der Waals surface area (Å²) in [6, 6.07) is 10.2. The van der Waals surface area contributed by atoms with Crippen molar-refractivity contribution in [3.8, 4) is 5.69 Å². The van der Waals surface area contributed by atoms with Crippen LogP contribution in [0.15, 0.2) is 30.3 Å². The third kappa shape index (κ3) is 5.12. The Morgan fingerprint density at radius 3 is 2.23 bits per heavy atom. The molecule has 0 radical (unpaired) electrons. The summed E-state index contributed by atoms with van der Waals surface area (Å²) in [7, 11) is 0. The second kappa shape index (κ2) is 8.54. The Balaban J connectivity index is 1.85. The number of aromatic nitrogens is 2. The summed E-state index contributed by atoms with van der Waals surface area (Å²) in [6.07, 6.45) is 4.05. The van der Waals surface area contributed by atoms with Crippen LogP contribution in [-0.4, -0.2) is 44.3 Å². The van der Waals surface area contributed by atoms with Crippen LogP contribution in [0.4, 0.5) is 0 Å². The average molecular weight is 411 g/mol. The number of hydrogen-bond donors (Lipinski definition) is 1. The van der Waals surface area contributed by atoms with Crippen molar-refractivity contribution in [2.45, 2.75) is 91.3 Å². The van der Waals surface area contributed by atoms with Crippen LogP contribution in [0.5, 0.6) is 0 Å². The monoisotopic (exact) mass is 410 g/mol. The number of rotatable bonds is 6. The number of nitrogens with one attached hydrogen (secondary N) is 1. The molecule has 0 bridgehead atoms. The molecular weight excluding hydrogens is 372 g/mol. The molecule has 0 spiro atoms. The van der Waals surface area contributed by atoms with Gasteiger partial charge in [-0.25, -0.2) is 4.68 Å². The molecule has 1 aliphatic rings. The number of benzene rings is 1. The molecule has 2 aromatic rings. The quantitative estimate of drug-likeness (QED) is 0.726. The summed E-state index contributed by atoms with van der Waals surface area (Å²) < 4.78 is 1.93. The van der Waals surface area contributed by atoms with Gasteiger partial charge in [0.1, 0.15) is 0 Å². The molecule has 0 unspecified atom stereocenters. The molecule has 0 aliphatic carbocycles. The lowest BCUT2D eigenvalue weighted by molar-refractivity contribution is 0.0441. The van der Waals surface area contributed by atoms with Gasteiger partial charge < -0.3 is 10.2 Å². The van der Waals surface area contributed by atoms with Crippen molar-refractivity contribution >= 4 is 5.91 Å². The van der Waals surface area contributed by atoms with E-state index < -0.39 is 0 Å². The third-order valence-corrected chi connectivity index (χ3v) is 5.99. The molecule has 1 N–H and O–H groups in total. The van der Waals surface area contributed by atoms with E-state index in [2.05, 4.69) is 56.0 Å². The Kier molecular flexibility index (Phi) is 6.42. The highest BCUT2D eigenvalue weighted by Crippen LogP contribution is 2.32. The Morgan fingerprint density at radius 2 is 1.73 bits per heavy atom. The molecule has 1 fully saturated rings. The van der Waals surface area contributed by atoms with Crippen LogP contribution in [0, 0.1) is 13.8 Å². The van der Waals surface area contributed by atoms with Gasteiger partial charge in [0.2, 0.25) is 0 Å². The lowest BCUT2D eigenvalue weighted by Gasteiger charge is -2.49. The summed E-state index contributed by atoms with van der Waals surface area (Å²) in [5, 5.41) is 8.29. The lowest BCUT2D eigenvalue weighted by atomic mass is 9.78. The maximum absolute atomic E-state index is 13.6. The summed E-state index contributed by atoms with van der Waals surface area (Å²) >= 11 is 0. The predicted molar refractivity (Wildman–Crippen MR) is 123 cm³/mol. The van der Waals surface area contributed by atoms with Crippen LogP contribution in [0.2, 0.25) is 0 Å². The van der Waals surface area contributed by atoms with Crippen molar-refractivity contribution < 1.29 is 4.79 Å². The number of carbonyl (C=O) groups is 1. The van der Waals surface area contributed by atoms with Crippen molar-refractivity contribution in [2.75, 3.05) is 6.54 Å². The highest BCUT2D eigenvalue weighted by Gasteiger charge is 2.41. The van der Waals surface area contributed by atoms with Gasteiger partial charge in [0.15, 0.2) is 0 Å². The minimum atomic E-state index is 0.0104. The lowest BCUT2D eigenvalue weighted by Crippen LogP contribution is -2.62. The van der Waals surface area contributed by atoms with Gasteiger partial charge in [-0.05, 0) is 91.1 Å². The number of nitrogens with zero attached hydrogens (tertiary/aromatic N) is 3. The van der Waals surface area contributed by atoms with E-state index in [1.807, 2.05) is 42.8 Å². The SMILES string of the molecule is CCCCN(C(=O)c1ccc(-n2nc(C)cc2C)cc1)C1CC(C)(C)NC(C)(C)C1. The van der Waals surface area contributed by atoms with Gasteiger partial charge in [-0.2, -0.15) is 5.10 Å². The standard InChI is InChI=1S/C25H38N4O/c1-8-9-14-28(22-16-24(4,5)27-25(6,7)17-22)23(30)20-10-12-21(13-11-20)29-19(3)15-18(2)26-29/h10-13,15,22,27H,8-9,14,16-17H2,1-7H3. The number of unbranched alkanes of at least 4 members (excludes halogenated alkanes) is 1. The van der Waals surface area contributed by atoms with Crippen LogP contribution >= 0.6 is 0 Å². The molecule has 1 aromatic heterocycles. The van der Waals surface area contributed by atoms with Crippen molar-refractivity contribution in [3.05, 3.63) is 47.3 Å². The largest absolute Gasteiger partial charge is 0.336 e. The first-order chi connectivity index (χ1) is 14.0. The molecule has 3 rings (SSSR count). The van der Waals surface area contributed by atoms with Crippen LogP contribution < -0.4 is 5.32 Å². The summed E-state index contributed by atoms with van der Waals surface area (Å²) in [4.78, 5) is 15.7. The number of carbonyl (C=O) groups excluding carboxylic acids is 1. The van der Waals surface area contributed by atoms with Gasteiger partial charge in [-0.1, -0.05) is 13.3 Å². The fraction of sp³-hybridized carbons (Fsp3) is 0.600. The molecule has 1 saturated heterocycles. The molecular formula is C25H38N4O. The van der Waals surface area contributed by atoms with Gasteiger partial charge in [-0.3, -0.25) is 4.79 Å². The minimum Gasteiger partial charge on any atom is -0.336 e. The molecule has 1 aromatic carbocycles. The topological polar surface area (TPSA) is 50.2 Å². The van der Waals surface area contributed by atoms with E-state index in [1.54, 1.807) is 0 Å². The predicted octanol–water partition coefficient (Wildman–Crippen LogP) is 5.04. The third-order valence-electron chi connectivity index (χ3n) is 5.99. The van der Waals surface area contributed by atoms with Crippen LogP contribution in [0.3, 0.4) is 0 Å². The molecule has 0 atom stereocenters. The smallest absolute Gasteiger partial charge is 0.254 e. The number of piperidine rings is 1. The first-order valence-corrected chi connectivity index (χ1v) is 11.3. The fourth-order valence-corrected chi connectivity index (χ4v) is 5.07. The second-order valence-electron chi connectivity index (χ2n) is 10.2. The number of amides is 1. The van der Waals surface area contributed by atoms with Gasteiger partial charge in [-0.15, -0.1) is 0 Å². The highest BCUT2D eigenvalue weighted by atomic mass is 16.2. The number of aryl methyl sites for hydroxylation is 2. The maximum atomic E-state index is 13.6. The van der Waals surface area contributed by atoms with Crippen LogP contribution in [-0.2, 0) is 0 Å². The Morgan fingerprint density at radius 1 is 1.13 bits per heavy atom. The zero-order chi connectivity index (χ0) is 22.1. The molecule has 5 nitrogen and oxygen atoms in total. The Hall–Kier alpha value is -2.14. The van der Waals surface area contributed by atoms with Crippen molar-refractivity contribution in [2.24, 2.45) is 0 Å². The zero-order valence-corrected chi connectivity index (χ0v) is 19.7. The van der Waals surface area contributed by atoms with Gasteiger partial charge in [0, 0.05) is 34.9 Å². The second-order valence-corrected chi connectivity index (χ2v) is 10.2. The molecule has 1 aliphatic heterocycles. The fourth-order valence-electron chi connectivity index (χ4n) is 5.07. The first-order valence-electron chi connectivity index (χ1n) is 11.3. The molecule has 0 saturated carbocycles.